The summed E-state index contributed by atoms with van der Waals surface area (Å²) in [5.74, 6) is -0.160. The zero-order valence-electron chi connectivity index (χ0n) is 16.7. The van der Waals surface area contributed by atoms with Crippen LogP contribution in [-0.2, 0) is 16.1 Å². The molecule has 0 spiro atoms. The molecule has 1 aliphatic heterocycles. The van der Waals surface area contributed by atoms with E-state index in [4.69, 9.17) is 0 Å². The maximum atomic E-state index is 12.8. The van der Waals surface area contributed by atoms with Crippen LogP contribution in [0.5, 0.6) is 0 Å². The highest BCUT2D eigenvalue weighted by Gasteiger charge is 2.33. The van der Waals surface area contributed by atoms with E-state index in [1.165, 1.54) is 10.8 Å². The molecule has 2 amide bonds. The van der Waals surface area contributed by atoms with E-state index in [1.807, 2.05) is 30.3 Å². The van der Waals surface area contributed by atoms with Crippen LogP contribution in [0.3, 0.4) is 0 Å². The van der Waals surface area contributed by atoms with Gasteiger partial charge >= 0.3 is 5.69 Å². The number of aryl methyl sites for hydroxylation is 1. The number of carbonyl (C=O) groups excluding carboxylic acids is 2. The first-order valence-corrected chi connectivity index (χ1v) is 9.81. The number of aromatic amines is 1. The second kappa shape index (κ2) is 8.89. The second-order valence-electron chi connectivity index (χ2n) is 7.37. The van der Waals surface area contributed by atoms with Crippen molar-refractivity contribution in [1.29, 1.82) is 0 Å². The molecule has 0 radical (unpaired) electrons. The molecule has 1 saturated heterocycles. The number of H-pyrrole nitrogens is 1. The summed E-state index contributed by atoms with van der Waals surface area (Å²) >= 11 is 0. The van der Waals surface area contributed by atoms with E-state index >= 15 is 0 Å². The Hall–Kier alpha value is -3.16. The average Bonchev–Trinajstić information content (AvgIpc) is 2.72. The lowest BCUT2D eigenvalue weighted by atomic mass is 9.85. The van der Waals surface area contributed by atoms with Crippen LogP contribution in [0.25, 0.3) is 0 Å². The zero-order valence-corrected chi connectivity index (χ0v) is 16.7. The van der Waals surface area contributed by atoms with Gasteiger partial charge in [-0.3, -0.25) is 23.9 Å². The van der Waals surface area contributed by atoms with Crippen molar-refractivity contribution in [1.82, 2.24) is 19.8 Å². The van der Waals surface area contributed by atoms with Gasteiger partial charge in [0.1, 0.15) is 6.54 Å². The fourth-order valence-corrected chi connectivity index (χ4v) is 3.71. The minimum atomic E-state index is -0.607. The van der Waals surface area contributed by atoms with Gasteiger partial charge in [0.15, 0.2) is 0 Å². The zero-order chi connectivity index (χ0) is 21.0. The number of hydrogen-bond acceptors (Lipinski definition) is 4. The van der Waals surface area contributed by atoms with Crippen LogP contribution in [0.4, 0.5) is 0 Å². The van der Waals surface area contributed by atoms with Gasteiger partial charge in [-0.2, -0.15) is 0 Å². The number of nitrogens with zero attached hydrogens (tertiary/aromatic N) is 2. The molecule has 29 heavy (non-hydrogen) atoms. The fourth-order valence-electron chi connectivity index (χ4n) is 3.71. The Morgan fingerprint density at radius 3 is 2.62 bits per heavy atom. The van der Waals surface area contributed by atoms with Gasteiger partial charge in [-0.1, -0.05) is 37.3 Å². The highest BCUT2D eigenvalue weighted by molar-refractivity contribution is 5.77. The molecule has 2 heterocycles. The molecule has 2 atom stereocenters. The van der Waals surface area contributed by atoms with Crippen molar-refractivity contribution < 1.29 is 9.59 Å². The van der Waals surface area contributed by atoms with E-state index in [-0.39, 0.29) is 30.3 Å². The standard InChI is InChI=1S/C21H26N4O4/c1-3-18(26)22-17-12-24(10-9-16(17)15-7-5-4-6-8-15)19(27)13-25-11-14(2)20(28)23-21(25)29/h4-8,11,16-17H,3,9-10,12-13H2,1-2H3,(H,22,26)(H,23,28,29)/t16-,17+/m0/s1. The monoisotopic (exact) mass is 398 g/mol. The number of rotatable bonds is 5. The normalized spacial score (nSPS) is 19.0. The maximum absolute atomic E-state index is 12.8. The van der Waals surface area contributed by atoms with Crippen LogP contribution in [0.1, 0.15) is 36.8 Å². The smallest absolute Gasteiger partial charge is 0.328 e. The number of likely N-dealkylation sites (tertiary alicyclic amines) is 1. The van der Waals surface area contributed by atoms with Crippen LogP contribution in [0, 0.1) is 6.92 Å². The SMILES string of the molecule is CCC(=O)N[C@@H]1CN(C(=O)Cn2cc(C)c(=O)[nH]c2=O)CC[C@H]1c1ccccc1. The van der Waals surface area contributed by atoms with E-state index in [0.29, 0.717) is 31.5 Å². The molecule has 2 N–H and O–H groups in total. The first kappa shape index (κ1) is 20.6. The molecule has 1 aliphatic rings. The summed E-state index contributed by atoms with van der Waals surface area (Å²) in [7, 11) is 0. The predicted octanol–water partition coefficient (Wildman–Crippen LogP) is 0.756. The van der Waals surface area contributed by atoms with Gasteiger partial charge in [0, 0.05) is 37.2 Å². The van der Waals surface area contributed by atoms with E-state index in [0.717, 1.165) is 5.56 Å². The van der Waals surface area contributed by atoms with Gasteiger partial charge in [-0.15, -0.1) is 0 Å². The average molecular weight is 398 g/mol. The number of nitrogens with one attached hydrogen (secondary N) is 2. The second-order valence-corrected chi connectivity index (χ2v) is 7.37. The van der Waals surface area contributed by atoms with Gasteiger partial charge < -0.3 is 10.2 Å². The van der Waals surface area contributed by atoms with Crippen LogP contribution in [-0.4, -0.2) is 45.4 Å². The Labute approximate surface area is 168 Å². The first-order chi connectivity index (χ1) is 13.9. The summed E-state index contributed by atoms with van der Waals surface area (Å²) in [5, 5.41) is 3.04. The highest BCUT2D eigenvalue weighted by Crippen LogP contribution is 2.28. The van der Waals surface area contributed by atoms with Crippen molar-refractivity contribution in [3.8, 4) is 0 Å². The molecule has 8 heteroatoms. The van der Waals surface area contributed by atoms with Crippen molar-refractivity contribution in [3.05, 3.63) is 68.5 Å². The van der Waals surface area contributed by atoms with Gasteiger partial charge in [0.25, 0.3) is 5.56 Å². The number of piperidine rings is 1. The van der Waals surface area contributed by atoms with Crippen molar-refractivity contribution in [2.45, 2.75) is 45.2 Å². The third kappa shape index (κ3) is 4.82. The van der Waals surface area contributed by atoms with Crippen molar-refractivity contribution in [2.75, 3.05) is 13.1 Å². The highest BCUT2D eigenvalue weighted by atomic mass is 16.2. The van der Waals surface area contributed by atoms with Gasteiger partial charge in [0.05, 0.1) is 6.04 Å². The Kier molecular flexibility index (Phi) is 6.31. The maximum Gasteiger partial charge on any atom is 0.328 e. The molecule has 8 nitrogen and oxygen atoms in total. The van der Waals surface area contributed by atoms with Gasteiger partial charge in [-0.05, 0) is 18.9 Å². The Balaban J connectivity index is 1.77. The third-order valence-electron chi connectivity index (χ3n) is 5.36. The molecule has 1 fully saturated rings. The molecule has 0 saturated carbocycles. The Morgan fingerprint density at radius 2 is 1.93 bits per heavy atom. The van der Waals surface area contributed by atoms with E-state index < -0.39 is 11.2 Å². The molecule has 3 rings (SSSR count). The summed E-state index contributed by atoms with van der Waals surface area (Å²) in [6, 6.07) is 9.77. The van der Waals surface area contributed by atoms with Crippen LogP contribution in [0.15, 0.2) is 46.1 Å². The van der Waals surface area contributed by atoms with Crippen molar-refractivity contribution in [2.24, 2.45) is 0 Å². The molecular formula is C21H26N4O4. The van der Waals surface area contributed by atoms with Crippen molar-refractivity contribution >= 4 is 11.8 Å². The summed E-state index contributed by atoms with van der Waals surface area (Å²) in [4.78, 5) is 52.2. The van der Waals surface area contributed by atoms with E-state index in [9.17, 15) is 19.2 Å². The van der Waals surface area contributed by atoms with Crippen LogP contribution in [0.2, 0.25) is 0 Å². The molecule has 0 unspecified atom stereocenters. The van der Waals surface area contributed by atoms with Gasteiger partial charge in [-0.25, -0.2) is 4.79 Å². The van der Waals surface area contributed by atoms with E-state index in [1.54, 1.807) is 18.7 Å². The van der Waals surface area contributed by atoms with E-state index in [2.05, 4.69) is 10.3 Å². The molecule has 0 aliphatic carbocycles. The van der Waals surface area contributed by atoms with Crippen molar-refractivity contribution in [3.63, 3.8) is 0 Å². The quantitative estimate of drug-likeness (QED) is 0.776. The molecular weight excluding hydrogens is 372 g/mol. The largest absolute Gasteiger partial charge is 0.351 e. The molecule has 1 aromatic carbocycles. The number of amides is 2. The van der Waals surface area contributed by atoms with Gasteiger partial charge in [0.2, 0.25) is 11.8 Å². The molecule has 2 aromatic rings. The first-order valence-electron chi connectivity index (χ1n) is 9.81. The number of hydrogen-bond donors (Lipinski definition) is 2. The number of benzene rings is 1. The number of aromatic nitrogens is 2. The minimum Gasteiger partial charge on any atom is -0.351 e. The fraction of sp³-hybridized carbons (Fsp3) is 0.429. The Morgan fingerprint density at radius 1 is 1.21 bits per heavy atom. The van der Waals surface area contributed by atoms with Crippen LogP contribution >= 0.6 is 0 Å². The third-order valence-corrected chi connectivity index (χ3v) is 5.36. The molecule has 1 aromatic heterocycles. The summed E-state index contributed by atoms with van der Waals surface area (Å²) < 4.78 is 1.21. The molecule has 0 bridgehead atoms. The van der Waals surface area contributed by atoms with Crippen LogP contribution < -0.4 is 16.6 Å². The lowest BCUT2D eigenvalue weighted by molar-refractivity contribution is -0.134. The summed E-state index contributed by atoms with van der Waals surface area (Å²) in [6.45, 7) is 4.14. The minimum absolute atomic E-state index is 0.0577. The topological polar surface area (TPSA) is 104 Å². The summed E-state index contributed by atoms with van der Waals surface area (Å²) in [5.41, 5.74) is 0.440. The molecule has 154 valence electrons. The number of carbonyl (C=O) groups is 2. The summed E-state index contributed by atoms with van der Waals surface area (Å²) in [6.07, 6.45) is 2.48. The Bertz CT molecular complexity index is 996. The predicted molar refractivity (Wildman–Crippen MR) is 109 cm³/mol. The lowest BCUT2D eigenvalue weighted by Gasteiger charge is -2.39. The lowest BCUT2D eigenvalue weighted by Crippen LogP contribution is -2.54.